The van der Waals surface area contributed by atoms with Gasteiger partial charge in [-0.1, -0.05) is 192 Å². The van der Waals surface area contributed by atoms with Crippen molar-refractivity contribution in [3.63, 3.8) is 0 Å². The predicted molar refractivity (Wildman–Crippen MR) is 322 cm³/mol. The number of hydrogen-bond donors (Lipinski definition) is 0. The minimum Gasteiger partial charge on any atom is -0.335 e. The number of benzene rings is 7. The van der Waals surface area contributed by atoms with Gasteiger partial charge >= 0.3 is 0 Å². The number of rotatable bonds is 4. The largest absolute Gasteiger partial charge is 0.335 e. The van der Waals surface area contributed by atoms with Crippen LogP contribution in [-0.4, -0.2) is 17.8 Å². The Bertz CT molecular complexity index is 3500. The van der Waals surface area contributed by atoms with Gasteiger partial charge < -0.3 is 14.7 Å². The van der Waals surface area contributed by atoms with Gasteiger partial charge in [0.25, 0.3) is 6.71 Å². The lowest BCUT2D eigenvalue weighted by atomic mass is 9.33. The fraction of sp³-hybridized carbons (Fsp3) is 0.408. The Hall–Kier alpha value is -6.00. The second-order valence-electron chi connectivity index (χ2n) is 28.0. The van der Waals surface area contributed by atoms with Gasteiger partial charge in [-0.2, -0.15) is 0 Å². The molecule has 0 bridgehead atoms. The minimum absolute atomic E-state index is 0.000217. The fourth-order valence-corrected chi connectivity index (χ4v) is 16.5. The lowest BCUT2D eigenvalue weighted by molar-refractivity contribution is 0.194. The zero-order chi connectivity index (χ0) is 52.6. The number of hydrogen-bond acceptors (Lipinski definition) is 3. The summed E-state index contributed by atoms with van der Waals surface area (Å²) in [5.41, 5.74) is 27.1. The second kappa shape index (κ2) is 16.0. The average Bonchev–Trinajstić information content (AvgIpc) is 3.81. The van der Waals surface area contributed by atoms with Gasteiger partial charge in [0, 0.05) is 50.5 Å². The van der Waals surface area contributed by atoms with Crippen LogP contribution in [0.25, 0.3) is 11.1 Å². The van der Waals surface area contributed by atoms with Crippen LogP contribution in [-0.2, 0) is 27.1 Å². The van der Waals surface area contributed by atoms with Crippen LogP contribution in [0.4, 0.5) is 39.8 Å². The van der Waals surface area contributed by atoms with E-state index in [2.05, 4.69) is 245 Å². The van der Waals surface area contributed by atoms with E-state index in [9.17, 15) is 0 Å². The fourth-order valence-electron chi connectivity index (χ4n) is 16.5. The molecular weight excluding hydrogens is 906 g/mol. The molecule has 4 atom stereocenters. The van der Waals surface area contributed by atoms with E-state index >= 15 is 0 Å². The predicted octanol–water partition coefficient (Wildman–Crippen LogP) is 17.0. The highest BCUT2D eigenvalue weighted by molar-refractivity contribution is 7.00. The lowest BCUT2D eigenvalue weighted by Crippen LogP contribution is -2.65. The van der Waals surface area contributed by atoms with Crippen LogP contribution in [0.2, 0.25) is 0 Å². The van der Waals surface area contributed by atoms with Crippen LogP contribution >= 0.6 is 0 Å². The molecule has 2 saturated carbocycles. The van der Waals surface area contributed by atoms with Gasteiger partial charge in [0.1, 0.15) is 0 Å². The summed E-state index contributed by atoms with van der Waals surface area (Å²) in [5.74, 6) is 0. The molecule has 382 valence electrons. The molecule has 3 nitrogen and oxygen atoms in total. The first-order chi connectivity index (χ1) is 35.5. The summed E-state index contributed by atoms with van der Waals surface area (Å²) < 4.78 is 0. The summed E-state index contributed by atoms with van der Waals surface area (Å²) >= 11 is 0. The van der Waals surface area contributed by atoms with Crippen molar-refractivity contribution in [3.8, 4) is 11.1 Å². The normalized spacial score (nSPS) is 24.3. The first kappa shape index (κ1) is 48.6. The summed E-state index contributed by atoms with van der Waals surface area (Å²) in [6.45, 7) is 34.2. The Morgan fingerprint density at radius 3 is 1.79 bits per heavy atom. The quantitative estimate of drug-likeness (QED) is 0.163. The molecule has 4 heterocycles. The van der Waals surface area contributed by atoms with E-state index in [0.717, 1.165) is 19.3 Å². The van der Waals surface area contributed by atoms with Crippen molar-refractivity contribution in [3.05, 3.63) is 178 Å². The molecule has 0 saturated heterocycles. The van der Waals surface area contributed by atoms with E-state index in [1.807, 2.05) is 0 Å². The van der Waals surface area contributed by atoms with E-state index in [0.29, 0.717) is 0 Å². The maximum absolute atomic E-state index is 2.99. The number of nitrogens with zero attached hydrogens (tertiary/aromatic N) is 3. The van der Waals surface area contributed by atoms with Crippen LogP contribution in [0, 0.1) is 13.8 Å². The minimum atomic E-state index is -0.234. The molecule has 4 unspecified atom stereocenters. The smallest absolute Gasteiger partial charge is 0.252 e. The topological polar surface area (TPSA) is 9.72 Å². The summed E-state index contributed by atoms with van der Waals surface area (Å²) in [7, 11) is 0. The maximum Gasteiger partial charge on any atom is 0.252 e. The molecule has 6 aliphatic rings. The Kier molecular flexibility index (Phi) is 10.4. The highest BCUT2D eigenvalue weighted by atomic mass is 15.3. The van der Waals surface area contributed by atoms with Crippen molar-refractivity contribution in [1.29, 1.82) is 0 Å². The summed E-state index contributed by atoms with van der Waals surface area (Å²) in [6.07, 6.45) is 9.53. The van der Waals surface area contributed by atoms with Crippen LogP contribution < -0.4 is 31.1 Å². The van der Waals surface area contributed by atoms with Crippen LogP contribution in [0.5, 0.6) is 0 Å². The van der Waals surface area contributed by atoms with Crippen molar-refractivity contribution in [2.24, 2.45) is 0 Å². The molecular formula is C71H80BN3. The summed E-state index contributed by atoms with van der Waals surface area (Å²) in [4.78, 5) is 8.65. The monoisotopic (exact) mass is 986 g/mol. The molecule has 0 radical (unpaired) electrons. The van der Waals surface area contributed by atoms with Crippen LogP contribution in [0.15, 0.2) is 133 Å². The van der Waals surface area contributed by atoms with Crippen molar-refractivity contribution in [2.75, 3.05) is 14.7 Å². The van der Waals surface area contributed by atoms with Crippen molar-refractivity contribution >= 4 is 62.9 Å². The van der Waals surface area contributed by atoms with Crippen LogP contribution in [0.3, 0.4) is 0 Å². The number of aryl methyl sites for hydroxylation is 2. The van der Waals surface area contributed by atoms with E-state index in [4.69, 9.17) is 0 Å². The van der Waals surface area contributed by atoms with Crippen molar-refractivity contribution < 1.29 is 0 Å². The third-order valence-electron chi connectivity index (χ3n) is 20.5. The van der Waals surface area contributed by atoms with E-state index in [1.54, 1.807) is 11.1 Å². The van der Waals surface area contributed by atoms with Gasteiger partial charge in [0.05, 0.1) is 16.8 Å². The zero-order valence-corrected chi connectivity index (χ0v) is 47.8. The van der Waals surface area contributed by atoms with Crippen molar-refractivity contribution in [2.45, 2.75) is 186 Å². The van der Waals surface area contributed by atoms with E-state index in [1.165, 1.54) is 133 Å². The Morgan fingerprint density at radius 1 is 0.480 bits per heavy atom. The lowest BCUT2D eigenvalue weighted by Gasteiger charge is -2.54. The second-order valence-corrected chi connectivity index (χ2v) is 28.0. The third kappa shape index (κ3) is 6.59. The van der Waals surface area contributed by atoms with Gasteiger partial charge in [0.2, 0.25) is 0 Å². The molecule has 4 aliphatic heterocycles. The van der Waals surface area contributed by atoms with Gasteiger partial charge in [-0.15, -0.1) is 0 Å². The Balaban J connectivity index is 1.22. The van der Waals surface area contributed by atoms with Gasteiger partial charge in [-0.3, -0.25) is 0 Å². The Morgan fingerprint density at radius 2 is 1.09 bits per heavy atom. The van der Waals surface area contributed by atoms with Gasteiger partial charge in [-0.25, -0.2) is 0 Å². The molecule has 2 fully saturated rings. The molecule has 75 heavy (non-hydrogen) atoms. The van der Waals surface area contributed by atoms with Crippen LogP contribution in [0.1, 0.15) is 179 Å². The SMILES string of the molecule is Cc1cc(C)c2c(c1)N(c1cc3c4c(c1)N1c5c(cc(C(C)(C)C)cc5C5(c6ccccc6)CCCCC15C)B4c1ccc(C(C)(C)C)cc1N3c1ccc(C(C)(C)C)cc1-c1ccccc1)C1(C)CCCCC21C. The Labute approximate surface area is 450 Å². The van der Waals surface area contributed by atoms with E-state index < -0.39 is 0 Å². The zero-order valence-electron chi connectivity index (χ0n) is 47.8. The van der Waals surface area contributed by atoms with Gasteiger partial charge in [0.15, 0.2) is 0 Å². The van der Waals surface area contributed by atoms with Crippen molar-refractivity contribution in [1.82, 2.24) is 0 Å². The summed E-state index contributed by atoms with van der Waals surface area (Å²) in [5, 5.41) is 0. The van der Waals surface area contributed by atoms with E-state index in [-0.39, 0.29) is 44.9 Å². The molecule has 0 N–H and O–H groups in total. The molecule has 13 rings (SSSR count). The molecule has 2 aliphatic carbocycles. The first-order valence-corrected chi connectivity index (χ1v) is 28.8. The summed E-state index contributed by atoms with van der Waals surface area (Å²) in [6, 6.07) is 53.9. The molecule has 4 heteroatoms. The molecule has 7 aromatic rings. The standard InChI is InChI=1S/C71H80BN3/c1-45-37-46(2)62-59(38-45)74(69(13)34-22-21-33-68(62,69)12)52-43-60-63-61(44-52)75-64-54(71(48-27-19-16-20-28-48)36-24-23-35-70(71,75)14)40-51(67(9,10)11)41-56(64)72(63)55-31-29-50(66(6,7)8)42-58(55)73(60)57-32-30-49(65(3,4)5)39-53(57)47-25-17-15-18-26-47/h15-20,25-32,37-44H,21-24,33-36H2,1-14H3. The number of anilines is 7. The van der Waals surface area contributed by atoms with Gasteiger partial charge in [-0.05, 0) is 172 Å². The molecule has 7 aromatic carbocycles. The maximum atomic E-state index is 2.99. The number of fused-ring (bicyclic) bond motifs is 10. The molecule has 0 spiro atoms. The third-order valence-corrected chi connectivity index (χ3v) is 20.5. The highest BCUT2D eigenvalue weighted by Gasteiger charge is 2.65. The molecule has 0 aromatic heterocycles. The average molecular weight is 986 g/mol. The molecule has 0 amide bonds. The first-order valence-electron chi connectivity index (χ1n) is 28.8. The highest BCUT2D eigenvalue weighted by Crippen LogP contribution is 2.67.